The maximum Gasteiger partial charge on any atom is 0.194 e. The average Bonchev–Trinajstić information content (AvgIpc) is 2.84. The van der Waals surface area contributed by atoms with Crippen molar-refractivity contribution in [3.05, 3.63) is 47.3 Å². The molecule has 3 nitrogen and oxygen atoms in total. The molecule has 0 bridgehead atoms. The second-order valence-electron chi connectivity index (χ2n) is 4.26. The van der Waals surface area contributed by atoms with E-state index in [2.05, 4.69) is 10.1 Å². The molecule has 0 atom stereocenters. The summed E-state index contributed by atoms with van der Waals surface area (Å²) in [5.41, 5.74) is 0.0737. The zero-order valence-electron chi connectivity index (χ0n) is 10.5. The van der Waals surface area contributed by atoms with Crippen LogP contribution in [-0.4, -0.2) is 14.8 Å². The molecule has 102 valence electrons. The second kappa shape index (κ2) is 5.86. The summed E-state index contributed by atoms with van der Waals surface area (Å²) in [7, 11) is 0. The molecule has 0 amide bonds. The monoisotopic (exact) mass is 269 g/mol. The number of nitrogens with zero attached hydrogens (tertiary/aromatic N) is 3. The number of benzene rings is 1. The molecule has 0 fully saturated rings. The summed E-state index contributed by atoms with van der Waals surface area (Å²) in [6.07, 6.45) is 3.39. The molecule has 2 rings (SSSR count). The van der Waals surface area contributed by atoms with Gasteiger partial charge in [-0.25, -0.2) is 22.8 Å². The minimum atomic E-state index is -1.45. The molecule has 1 aromatic heterocycles. The van der Waals surface area contributed by atoms with E-state index < -0.39 is 17.5 Å². The van der Waals surface area contributed by atoms with Crippen LogP contribution in [0.2, 0.25) is 0 Å². The fourth-order valence-corrected chi connectivity index (χ4v) is 1.79. The standard InChI is InChI=1S/C13H14F3N3/c1-2-3-6-19-11(17-8-18-19)7-9-4-5-10(14)13(16)12(9)15/h4-5,8H,2-3,6-7H2,1H3. The first-order valence-corrected chi connectivity index (χ1v) is 6.12. The summed E-state index contributed by atoms with van der Waals surface area (Å²) in [5.74, 6) is -3.26. The third-order valence-corrected chi connectivity index (χ3v) is 2.88. The van der Waals surface area contributed by atoms with E-state index in [4.69, 9.17) is 0 Å². The molecular formula is C13H14F3N3. The smallest absolute Gasteiger partial charge is 0.194 e. The Morgan fingerprint density at radius 1 is 1.16 bits per heavy atom. The molecule has 0 radical (unpaired) electrons. The normalized spacial score (nSPS) is 10.9. The van der Waals surface area contributed by atoms with E-state index in [1.165, 1.54) is 12.4 Å². The van der Waals surface area contributed by atoms with Crippen molar-refractivity contribution < 1.29 is 13.2 Å². The minimum absolute atomic E-state index is 0.0737. The van der Waals surface area contributed by atoms with Gasteiger partial charge >= 0.3 is 0 Å². The lowest BCUT2D eigenvalue weighted by molar-refractivity contribution is 0.441. The van der Waals surface area contributed by atoms with Gasteiger partial charge in [-0.15, -0.1) is 0 Å². The first-order valence-electron chi connectivity index (χ1n) is 6.12. The summed E-state index contributed by atoms with van der Waals surface area (Å²) in [5, 5.41) is 4.03. The van der Waals surface area contributed by atoms with Gasteiger partial charge in [-0.2, -0.15) is 5.10 Å². The molecule has 1 heterocycles. The number of hydrogen-bond donors (Lipinski definition) is 0. The van der Waals surface area contributed by atoms with E-state index in [0.717, 1.165) is 18.9 Å². The average molecular weight is 269 g/mol. The maximum atomic E-state index is 13.6. The van der Waals surface area contributed by atoms with Crippen LogP contribution >= 0.6 is 0 Å². The van der Waals surface area contributed by atoms with E-state index in [1.807, 2.05) is 6.92 Å². The Kier molecular flexibility index (Phi) is 4.19. The van der Waals surface area contributed by atoms with Crippen LogP contribution in [0, 0.1) is 17.5 Å². The zero-order chi connectivity index (χ0) is 13.8. The van der Waals surface area contributed by atoms with Gasteiger partial charge in [0.1, 0.15) is 12.2 Å². The highest BCUT2D eigenvalue weighted by Crippen LogP contribution is 2.17. The van der Waals surface area contributed by atoms with Crippen molar-refractivity contribution in [2.45, 2.75) is 32.7 Å². The summed E-state index contributed by atoms with van der Waals surface area (Å²) >= 11 is 0. The highest BCUT2D eigenvalue weighted by atomic mass is 19.2. The first-order chi connectivity index (χ1) is 9.13. The zero-order valence-corrected chi connectivity index (χ0v) is 10.5. The van der Waals surface area contributed by atoms with Crippen LogP contribution in [0.15, 0.2) is 18.5 Å². The van der Waals surface area contributed by atoms with Crippen molar-refractivity contribution in [2.75, 3.05) is 0 Å². The van der Waals surface area contributed by atoms with Crippen LogP contribution in [0.25, 0.3) is 0 Å². The van der Waals surface area contributed by atoms with Gasteiger partial charge in [0.15, 0.2) is 17.5 Å². The number of aromatic nitrogens is 3. The molecule has 0 N–H and O–H groups in total. The Labute approximate surface area is 109 Å². The highest BCUT2D eigenvalue weighted by Gasteiger charge is 2.15. The third kappa shape index (κ3) is 2.94. The molecule has 0 saturated carbocycles. The van der Waals surface area contributed by atoms with Gasteiger partial charge in [0.25, 0.3) is 0 Å². The van der Waals surface area contributed by atoms with E-state index in [0.29, 0.717) is 12.4 Å². The predicted octanol–water partition coefficient (Wildman–Crippen LogP) is 3.09. The molecule has 6 heteroatoms. The van der Waals surface area contributed by atoms with Crippen molar-refractivity contribution in [1.29, 1.82) is 0 Å². The molecule has 1 aromatic carbocycles. The van der Waals surface area contributed by atoms with E-state index in [9.17, 15) is 13.2 Å². The van der Waals surface area contributed by atoms with Crippen molar-refractivity contribution in [3.63, 3.8) is 0 Å². The number of unbranched alkanes of at least 4 members (excludes halogenated alkanes) is 1. The number of halogens is 3. The van der Waals surface area contributed by atoms with Crippen LogP contribution < -0.4 is 0 Å². The van der Waals surface area contributed by atoms with Crippen LogP contribution in [0.1, 0.15) is 31.2 Å². The molecule has 0 aliphatic heterocycles. The van der Waals surface area contributed by atoms with Gasteiger partial charge in [-0.3, -0.25) is 0 Å². The lowest BCUT2D eigenvalue weighted by Crippen LogP contribution is -2.08. The van der Waals surface area contributed by atoms with E-state index in [-0.39, 0.29) is 12.0 Å². The molecule has 2 aromatic rings. The van der Waals surface area contributed by atoms with Crippen molar-refractivity contribution >= 4 is 0 Å². The minimum Gasteiger partial charge on any atom is -0.250 e. The molecule has 19 heavy (non-hydrogen) atoms. The lowest BCUT2D eigenvalue weighted by Gasteiger charge is -2.07. The Morgan fingerprint density at radius 3 is 2.68 bits per heavy atom. The Morgan fingerprint density at radius 2 is 1.95 bits per heavy atom. The molecule has 0 aliphatic rings. The molecule has 0 saturated heterocycles. The molecule has 0 aliphatic carbocycles. The quantitative estimate of drug-likeness (QED) is 0.781. The van der Waals surface area contributed by atoms with Crippen molar-refractivity contribution in [1.82, 2.24) is 14.8 Å². The van der Waals surface area contributed by atoms with Crippen LogP contribution in [0.5, 0.6) is 0 Å². The van der Waals surface area contributed by atoms with E-state index >= 15 is 0 Å². The Hall–Kier alpha value is -1.85. The number of aryl methyl sites for hydroxylation is 1. The first kappa shape index (κ1) is 13.6. The summed E-state index contributed by atoms with van der Waals surface area (Å²) in [6, 6.07) is 2.15. The lowest BCUT2D eigenvalue weighted by atomic mass is 10.1. The second-order valence-corrected chi connectivity index (χ2v) is 4.26. The number of hydrogen-bond acceptors (Lipinski definition) is 2. The summed E-state index contributed by atoms with van der Waals surface area (Å²) in [4.78, 5) is 4.03. The van der Waals surface area contributed by atoms with Gasteiger partial charge in [0, 0.05) is 13.0 Å². The molecule has 0 spiro atoms. The van der Waals surface area contributed by atoms with Gasteiger partial charge in [-0.1, -0.05) is 19.4 Å². The van der Waals surface area contributed by atoms with Gasteiger partial charge < -0.3 is 0 Å². The van der Waals surface area contributed by atoms with Crippen LogP contribution in [0.3, 0.4) is 0 Å². The van der Waals surface area contributed by atoms with Crippen LogP contribution in [-0.2, 0) is 13.0 Å². The topological polar surface area (TPSA) is 30.7 Å². The van der Waals surface area contributed by atoms with Gasteiger partial charge in [0.05, 0.1) is 0 Å². The molecular weight excluding hydrogens is 255 g/mol. The third-order valence-electron chi connectivity index (χ3n) is 2.88. The fourth-order valence-electron chi connectivity index (χ4n) is 1.79. The number of rotatable bonds is 5. The highest BCUT2D eigenvalue weighted by molar-refractivity contribution is 5.23. The SMILES string of the molecule is CCCCn1ncnc1Cc1ccc(F)c(F)c1F. The van der Waals surface area contributed by atoms with E-state index in [1.54, 1.807) is 4.68 Å². The Bertz CT molecular complexity index is 566. The molecule has 0 unspecified atom stereocenters. The van der Waals surface area contributed by atoms with Crippen molar-refractivity contribution in [2.24, 2.45) is 0 Å². The Balaban J connectivity index is 2.22. The van der Waals surface area contributed by atoms with Gasteiger partial charge in [0.2, 0.25) is 0 Å². The predicted molar refractivity (Wildman–Crippen MR) is 64.1 cm³/mol. The van der Waals surface area contributed by atoms with Crippen LogP contribution in [0.4, 0.5) is 13.2 Å². The van der Waals surface area contributed by atoms with Crippen molar-refractivity contribution in [3.8, 4) is 0 Å². The summed E-state index contributed by atoms with van der Waals surface area (Å²) < 4.78 is 41.2. The fraction of sp³-hybridized carbons (Fsp3) is 0.385. The summed E-state index contributed by atoms with van der Waals surface area (Å²) in [6.45, 7) is 2.72. The maximum absolute atomic E-state index is 13.6. The largest absolute Gasteiger partial charge is 0.250 e. The van der Waals surface area contributed by atoms with Gasteiger partial charge in [-0.05, 0) is 18.1 Å².